The van der Waals surface area contributed by atoms with E-state index in [0.717, 1.165) is 28.8 Å². The zero-order valence-corrected chi connectivity index (χ0v) is 23.6. The van der Waals surface area contributed by atoms with Crippen LogP contribution in [0, 0.1) is 0 Å². The molecule has 0 aliphatic carbocycles. The number of phosphoric ester groups is 1. The van der Waals surface area contributed by atoms with E-state index in [2.05, 4.69) is 29.3 Å². The molecule has 0 aromatic carbocycles. The Balaban J connectivity index is 1.12. The standard InChI is InChI=1S/C20H19FN8O10P2S/c21-11-15-10(37-20(11)29-6-27-14-18(29)25-5-26-19(14)30)2-34-40(31)38-7-1-8(36-9(7)3-35-41(32,33)39-15)16-12-13(28-42-16)17(22)24-4-23-12/h4-11,15,20H,1-3H2,(H3-,22,23,24,25,26,30,32,33)/p+1/t7-,8+,9+,10+,11+,15+,20+/m0/s1. The Kier molecular flexibility index (Phi) is 7.09. The van der Waals surface area contributed by atoms with Gasteiger partial charge in [0, 0.05) is 11.0 Å². The number of alkyl halides is 1. The second-order valence-corrected chi connectivity index (χ2v) is 12.6. The second kappa shape index (κ2) is 10.7. The molecule has 0 saturated carbocycles. The molecule has 7 rings (SSSR count). The summed E-state index contributed by atoms with van der Waals surface area (Å²) in [4.78, 5) is 41.6. The van der Waals surface area contributed by atoms with Crippen LogP contribution < -0.4 is 11.3 Å². The Morgan fingerprint density at radius 3 is 2.86 bits per heavy atom. The Labute approximate surface area is 238 Å². The van der Waals surface area contributed by atoms with Gasteiger partial charge in [0.05, 0.1) is 30.2 Å². The highest BCUT2D eigenvalue weighted by Crippen LogP contribution is 2.52. The minimum absolute atomic E-state index is 0.00451. The van der Waals surface area contributed by atoms with E-state index in [0.29, 0.717) is 15.9 Å². The molecule has 4 aromatic heterocycles. The number of hydrogen-bond acceptors (Lipinski definition) is 16. The van der Waals surface area contributed by atoms with Gasteiger partial charge in [-0.15, -0.1) is 9.05 Å². The fourth-order valence-electron chi connectivity index (χ4n) is 5.01. The number of nitrogens with one attached hydrogen (secondary N) is 1. The Hall–Kier alpha value is -2.90. The van der Waals surface area contributed by atoms with Crippen LogP contribution in [0.3, 0.4) is 0 Å². The van der Waals surface area contributed by atoms with Crippen LogP contribution in [-0.4, -0.2) is 82.6 Å². The van der Waals surface area contributed by atoms with E-state index in [1.54, 1.807) is 0 Å². The third-order valence-electron chi connectivity index (χ3n) is 6.94. The van der Waals surface area contributed by atoms with Gasteiger partial charge >= 0.3 is 16.1 Å². The van der Waals surface area contributed by atoms with Gasteiger partial charge < -0.3 is 25.1 Å². The maximum absolute atomic E-state index is 15.8. The second-order valence-electron chi connectivity index (χ2n) is 9.46. The summed E-state index contributed by atoms with van der Waals surface area (Å²) in [5.41, 5.74) is 6.10. The molecule has 3 aliphatic rings. The van der Waals surface area contributed by atoms with Crippen LogP contribution in [0.2, 0.25) is 0 Å². The molecule has 42 heavy (non-hydrogen) atoms. The smallest absolute Gasteiger partial charge is 0.382 e. The molecule has 9 atom stereocenters. The van der Waals surface area contributed by atoms with Crippen LogP contribution in [0.25, 0.3) is 22.2 Å². The summed E-state index contributed by atoms with van der Waals surface area (Å²) in [6.45, 7) is -1.09. The summed E-state index contributed by atoms with van der Waals surface area (Å²) < 4.78 is 80.1. The predicted molar refractivity (Wildman–Crippen MR) is 138 cm³/mol. The van der Waals surface area contributed by atoms with Gasteiger partial charge in [-0.05, 0) is 11.5 Å². The molecule has 3 saturated heterocycles. The lowest BCUT2D eigenvalue weighted by molar-refractivity contribution is -0.0535. The number of nitrogens with two attached hydrogens (primary N) is 1. The minimum atomic E-state index is -4.92. The highest BCUT2D eigenvalue weighted by molar-refractivity contribution is 7.47. The van der Waals surface area contributed by atoms with Gasteiger partial charge in [0.15, 0.2) is 29.4 Å². The molecule has 3 fully saturated rings. The van der Waals surface area contributed by atoms with Crippen LogP contribution >= 0.6 is 27.6 Å². The molecule has 3 aliphatic heterocycles. The van der Waals surface area contributed by atoms with Crippen molar-refractivity contribution < 1.29 is 46.0 Å². The molecule has 0 bridgehead atoms. The number of nitrogen functional groups attached to an aromatic ring is 1. The molecule has 222 valence electrons. The Morgan fingerprint density at radius 1 is 1.14 bits per heavy atom. The summed E-state index contributed by atoms with van der Waals surface area (Å²) >= 11 is 1.08. The van der Waals surface area contributed by atoms with Crippen molar-refractivity contribution in [3.05, 3.63) is 34.2 Å². The quantitative estimate of drug-likeness (QED) is 0.261. The van der Waals surface area contributed by atoms with Crippen LogP contribution in [0.5, 0.6) is 0 Å². The lowest BCUT2D eigenvalue weighted by Crippen LogP contribution is -2.35. The van der Waals surface area contributed by atoms with Gasteiger partial charge in [0.1, 0.15) is 48.4 Å². The van der Waals surface area contributed by atoms with Crippen LogP contribution in [-0.2, 0) is 36.7 Å². The number of ether oxygens (including phenoxy) is 2. The molecule has 0 spiro atoms. The topological polar surface area (TPSA) is 238 Å². The van der Waals surface area contributed by atoms with E-state index in [1.165, 1.54) is 6.33 Å². The molecule has 0 radical (unpaired) electrons. The average Bonchev–Trinajstić information content (AvgIpc) is 3.72. The van der Waals surface area contributed by atoms with Gasteiger partial charge in [-0.25, -0.2) is 28.9 Å². The SMILES string of the molecule is Nc1ncnc2c([C@H]3C[C@@H]4O[P+](=O)OC[C@H]5O[C@@H](n6cnc7c(=O)[nH]cnc76)[C@H](F)[C@@H]5OP(=O)(O)OC[C@H]4O3)snc12. The fraction of sp³-hybridized carbons (Fsp3) is 0.500. The highest BCUT2D eigenvalue weighted by atomic mass is 32.1. The number of anilines is 1. The number of hydrogen-bond donors (Lipinski definition) is 3. The van der Waals surface area contributed by atoms with Crippen LogP contribution in [0.4, 0.5) is 10.2 Å². The first kappa shape index (κ1) is 27.9. The first-order chi connectivity index (χ1) is 20.2. The van der Waals surface area contributed by atoms with Gasteiger partial charge in [-0.2, -0.15) is 4.37 Å². The number of nitrogens with zero attached hydrogens (tertiary/aromatic N) is 6. The van der Waals surface area contributed by atoms with E-state index in [-0.39, 0.29) is 23.4 Å². The summed E-state index contributed by atoms with van der Waals surface area (Å²) in [5.74, 6) is 0.189. The number of aromatic nitrogens is 7. The maximum Gasteiger partial charge on any atom is 0.697 e. The molecular weight excluding hydrogens is 625 g/mol. The van der Waals surface area contributed by atoms with Crippen molar-refractivity contribution in [2.75, 3.05) is 18.9 Å². The van der Waals surface area contributed by atoms with Crippen molar-refractivity contribution in [2.45, 2.75) is 49.3 Å². The normalized spacial score (nSPS) is 35.1. The molecule has 18 nitrogen and oxygen atoms in total. The largest absolute Gasteiger partial charge is 0.697 e. The molecule has 2 unspecified atom stereocenters. The van der Waals surface area contributed by atoms with Crippen LogP contribution in [0.1, 0.15) is 23.6 Å². The van der Waals surface area contributed by atoms with E-state index >= 15 is 4.39 Å². The Bertz CT molecular complexity index is 1790. The minimum Gasteiger partial charge on any atom is -0.382 e. The third-order valence-corrected chi connectivity index (χ3v) is 9.66. The van der Waals surface area contributed by atoms with Crippen molar-refractivity contribution in [1.29, 1.82) is 0 Å². The molecule has 0 amide bonds. The first-order valence-electron chi connectivity index (χ1n) is 12.3. The number of imidazole rings is 1. The summed E-state index contributed by atoms with van der Waals surface area (Å²) in [6.07, 6.45) is -5.51. The lowest BCUT2D eigenvalue weighted by Gasteiger charge is -2.23. The van der Waals surface area contributed by atoms with Crippen molar-refractivity contribution >= 4 is 55.6 Å². The maximum atomic E-state index is 15.8. The molecular formula is C20H20FN8O10P2S+. The monoisotopic (exact) mass is 645 g/mol. The highest BCUT2D eigenvalue weighted by Gasteiger charge is 2.53. The molecule has 4 N–H and O–H groups in total. The van der Waals surface area contributed by atoms with E-state index in [1.807, 2.05) is 0 Å². The Morgan fingerprint density at radius 2 is 2.00 bits per heavy atom. The van der Waals surface area contributed by atoms with E-state index in [4.69, 9.17) is 33.3 Å². The predicted octanol–water partition coefficient (Wildman–Crippen LogP) is 1.44. The summed E-state index contributed by atoms with van der Waals surface area (Å²) in [6, 6.07) is 0. The van der Waals surface area contributed by atoms with E-state index in [9.17, 15) is 18.8 Å². The third kappa shape index (κ3) is 4.92. The number of H-pyrrole nitrogens is 1. The zero-order chi connectivity index (χ0) is 29.2. The molecule has 7 heterocycles. The number of fused-ring (bicyclic) bond motifs is 4. The first-order valence-corrected chi connectivity index (χ1v) is 15.7. The van der Waals surface area contributed by atoms with Gasteiger partial charge in [0.2, 0.25) is 0 Å². The van der Waals surface area contributed by atoms with Crippen molar-refractivity contribution in [1.82, 2.24) is 33.9 Å². The van der Waals surface area contributed by atoms with Gasteiger partial charge in [-0.3, -0.25) is 18.4 Å². The molecule has 22 heteroatoms. The van der Waals surface area contributed by atoms with E-state index < -0.39 is 77.8 Å². The van der Waals surface area contributed by atoms with Crippen molar-refractivity contribution in [3.8, 4) is 0 Å². The average molecular weight is 645 g/mol. The number of aromatic amines is 1. The summed E-state index contributed by atoms with van der Waals surface area (Å²) in [7, 11) is -7.72. The lowest BCUT2D eigenvalue weighted by atomic mass is 10.1. The molecule has 4 aromatic rings. The zero-order valence-electron chi connectivity index (χ0n) is 21.0. The number of rotatable bonds is 2. The number of halogens is 1. The number of phosphoric acid groups is 1. The van der Waals surface area contributed by atoms with Crippen molar-refractivity contribution in [3.63, 3.8) is 0 Å². The summed E-state index contributed by atoms with van der Waals surface area (Å²) in [5, 5.41) is 0. The van der Waals surface area contributed by atoms with Crippen molar-refractivity contribution in [2.24, 2.45) is 0 Å². The fourth-order valence-corrected chi connectivity index (χ4v) is 7.61. The van der Waals surface area contributed by atoms with Gasteiger partial charge in [-0.1, -0.05) is 0 Å². The van der Waals surface area contributed by atoms with Gasteiger partial charge in [0.25, 0.3) is 5.56 Å². The van der Waals surface area contributed by atoms with Crippen LogP contribution in [0.15, 0.2) is 23.8 Å².